The Morgan fingerprint density at radius 3 is 2.94 bits per heavy atom. The average Bonchev–Trinajstić information content (AvgIpc) is 3.25. The highest BCUT2D eigenvalue weighted by atomic mass is 32.2. The molecule has 0 aliphatic heterocycles. The Morgan fingerprint density at radius 2 is 2.16 bits per heavy atom. The van der Waals surface area contributed by atoms with Crippen LogP contribution in [0.3, 0.4) is 0 Å². The summed E-state index contributed by atoms with van der Waals surface area (Å²) >= 11 is 1.54. The minimum atomic E-state index is -0.191. The van der Waals surface area contributed by atoms with Gasteiger partial charge in [-0.3, -0.25) is 4.79 Å². The van der Waals surface area contributed by atoms with Crippen LogP contribution >= 0.6 is 11.8 Å². The van der Waals surface area contributed by atoms with Crippen LogP contribution in [-0.2, 0) is 0 Å². The molecule has 1 aliphatic carbocycles. The average molecular weight is 443 g/mol. The summed E-state index contributed by atoms with van der Waals surface area (Å²) in [7, 11) is 1.46. The van der Waals surface area contributed by atoms with Gasteiger partial charge in [0.15, 0.2) is 17.1 Å². The molecule has 1 aliphatic rings. The largest absolute Gasteiger partial charge is 0.504 e. The molecule has 4 rings (SSSR count). The number of hydrogen-bond donors (Lipinski definition) is 4. The number of ether oxygens (including phenoxy) is 1. The molecule has 2 aromatic heterocycles. The number of benzene rings is 1. The molecule has 1 atom stereocenters. The lowest BCUT2D eigenvalue weighted by Crippen LogP contribution is -2.43. The number of aromatic hydroxyl groups is 1. The summed E-state index contributed by atoms with van der Waals surface area (Å²) in [6, 6.07) is 4.58. The molecule has 3 aromatic rings. The van der Waals surface area contributed by atoms with Crippen molar-refractivity contribution in [2.45, 2.75) is 43.2 Å². The molecule has 5 N–H and O–H groups in total. The van der Waals surface area contributed by atoms with Crippen molar-refractivity contribution in [2.75, 3.05) is 18.6 Å². The number of nitrogens with zero attached hydrogens (tertiary/aromatic N) is 3. The molecule has 0 spiro atoms. The molecule has 1 saturated carbocycles. The number of amides is 1. The number of anilines is 1. The number of rotatable bonds is 7. The predicted molar refractivity (Wildman–Crippen MR) is 119 cm³/mol. The molecule has 9 nitrogen and oxygen atoms in total. The van der Waals surface area contributed by atoms with Gasteiger partial charge in [0, 0.05) is 17.4 Å². The summed E-state index contributed by atoms with van der Waals surface area (Å²) in [5, 5.41) is 13.7. The van der Waals surface area contributed by atoms with Crippen LogP contribution in [0.15, 0.2) is 29.6 Å². The van der Waals surface area contributed by atoms with Gasteiger partial charge in [0.25, 0.3) is 5.91 Å². The topological polar surface area (TPSA) is 139 Å². The molecule has 164 valence electrons. The molecular weight excluding hydrogens is 416 g/mol. The number of carbonyl (C=O) groups is 1. The van der Waals surface area contributed by atoms with Crippen molar-refractivity contribution in [3.05, 3.63) is 30.1 Å². The number of hydrogen-bond acceptors (Lipinski definition) is 8. The first-order valence-corrected chi connectivity index (χ1v) is 11.3. The summed E-state index contributed by atoms with van der Waals surface area (Å²) in [4.78, 5) is 28.7. The normalized spacial score (nSPS) is 15.6. The molecule has 1 unspecified atom stereocenters. The third-order valence-corrected chi connectivity index (χ3v) is 6.74. The van der Waals surface area contributed by atoms with E-state index in [-0.39, 0.29) is 29.4 Å². The molecule has 31 heavy (non-hydrogen) atoms. The van der Waals surface area contributed by atoms with Crippen molar-refractivity contribution in [3.63, 3.8) is 0 Å². The van der Waals surface area contributed by atoms with Gasteiger partial charge >= 0.3 is 0 Å². The number of aromatic nitrogens is 4. The number of phenolic OH excluding ortho intramolecular Hbond substituents is 1. The molecule has 10 heteroatoms. The van der Waals surface area contributed by atoms with Gasteiger partial charge in [-0.15, -0.1) is 11.8 Å². The van der Waals surface area contributed by atoms with Crippen molar-refractivity contribution in [1.82, 2.24) is 25.3 Å². The van der Waals surface area contributed by atoms with Crippen LogP contribution in [0.1, 0.15) is 42.5 Å². The zero-order chi connectivity index (χ0) is 21.8. The van der Waals surface area contributed by atoms with E-state index in [1.54, 1.807) is 18.5 Å². The second-order valence-corrected chi connectivity index (χ2v) is 8.67. The number of aromatic amines is 1. The number of phenols is 1. The van der Waals surface area contributed by atoms with Gasteiger partial charge in [-0.05, 0) is 37.0 Å². The standard InChI is InChI=1S/C21H26N6O3S/c1-30-16-9-13(7-8-15(16)28)19(29)25-14(12-5-3-2-4-6-12)10-31-20-17-18(24-11-23-17)26-21(22)27-20/h7-9,11-12,14,28H,2-6,10H2,1H3,(H,25,29)(H3,22,23,24,26,27). The Morgan fingerprint density at radius 1 is 1.35 bits per heavy atom. The Bertz CT molecular complexity index is 1070. The van der Waals surface area contributed by atoms with Gasteiger partial charge in [-0.2, -0.15) is 4.98 Å². The number of imidazole rings is 1. The van der Waals surface area contributed by atoms with E-state index in [0.29, 0.717) is 22.9 Å². The van der Waals surface area contributed by atoms with Gasteiger partial charge in [0.2, 0.25) is 5.95 Å². The quantitative estimate of drug-likeness (QED) is 0.323. The van der Waals surface area contributed by atoms with Crippen LogP contribution < -0.4 is 15.8 Å². The minimum absolute atomic E-state index is 0.00311. The fourth-order valence-electron chi connectivity index (χ4n) is 4.00. The molecule has 2 heterocycles. The number of carbonyl (C=O) groups excluding carboxylic acids is 1. The number of nitrogens with two attached hydrogens (primary N) is 1. The van der Waals surface area contributed by atoms with Gasteiger partial charge in [0.05, 0.1) is 13.4 Å². The van der Waals surface area contributed by atoms with Crippen LogP contribution in [-0.4, -0.2) is 49.9 Å². The fourth-order valence-corrected chi connectivity index (χ4v) is 5.14. The summed E-state index contributed by atoms with van der Waals surface area (Å²) in [5.41, 5.74) is 7.56. The fraction of sp³-hybridized carbons (Fsp3) is 0.429. The lowest BCUT2D eigenvalue weighted by Gasteiger charge is -2.31. The van der Waals surface area contributed by atoms with Crippen LogP contribution in [0.5, 0.6) is 11.5 Å². The van der Waals surface area contributed by atoms with E-state index in [0.717, 1.165) is 23.4 Å². The summed E-state index contributed by atoms with van der Waals surface area (Å²) < 4.78 is 5.14. The van der Waals surface area contributed by atoms with E-state index >= 15 is 0 Å². The molecule has 1 amide bonds. The van der Waals surface area contributed by atoms with Gasteiger partial charge in [0.1, 0.15) is 10.5 Å². The second kappa shape index (κ2) is 9.42. The Balaban J connectivity index is 1.53. The van der Waals surface area contributed by atoms with Crippen LogP contribution in [0.4, 0.5) is 5.95 Å². The van der Waals surface area contributed by atoms with E-state index in [2.05, 4.69) is 25.3 Å². The maximum atomic E-state index is 13.0. The molecule has 1 aromatic carbocycles. The maximum Gasteiger partial charge on any atom is 0.251 e. The lowest BCUT2D eigenvalue weighted by molar-refractivity contribution is 0.0920. The zero-order valence-corrected chi connectivity index (χ0v) is 18.1. The van der Waals surface area contributed by atoms with E-state index in [1.807, 2.05) is 0 Å². The van der Waals surface area contributed by atoms with Gasteiger partial charge in [-0.1, -0.05) is 19.3 Å². The van der Waals surface area contributed by atoms with Gasteiger partial charge < -0.3 is 25.9 Å². The first kappa shape index (κ1) is 21.2. The number of nitrogen functional groups attached to an aromatic ring is 1. The first-order valence-electron chi connectivity index (χ1n) is 10.3. The predicted octanol–water partition coefficient (Wildman–Crippen LogP) is 3.12. The highest BCUT2D eigenvalue weighted by molar-refractivity contribution is 7.99. The van der Waals surface area contributed by atoms with E-state index < -0.39 is 0 Å². The minimum Gasteiger partial charge on any atom is -0.504 e. The molecule has 0 radical (unpaired) electrons. The van der Waals surface area contributed by atoms with Crippen LogP contribution in [0.25, 0.3) is 11.2 Å². The first-order chi connectivity index (χ1) is 15.0. The second-order valence-electron chi connectivity index (χ2n) is 7.66. The van der Waals surface area contributed by atoms with E-state index in [9.17, 15) is 9.90 Å². The molecule has 0 bridgehead atoms. The highest BCUT2D eigenvalue weighted by Gasteiger charge is 2.26. The Hall–Kier alpha value is -3.01. The van der Waals surface area contributed by atoms with Crippen molar-refractivity contribution < 1.29 is 14.6 Å². The summed E-state index contributed by atoms with van der Waals surface area (Å²) in [5.74, 6) is 1.30. The Kier molecular flexibility index (Phi) is 6.45. The number of nitrogens with one attached hydrogen (secondary N) is 2. The smallest absolute Gasteiger partial charge is 0.251 e. The summed E-state index contributed by atoms with van der Waals surface area (Å²) in [6.45, 7) is 0. The van der Waals surface area contributed by atoms with Crippen molar-refractivity contribution in [2.24, 2.45) is 5.92 Å². The number of thioether (sulfide) groups is 1. The van der Waals surface area contributed by atoms with Gasteiger partial charge in [-0.25, -0.2) is 9.97 Å². The number of fused-ring (bicyclic) bond motifs is 1. The summed E-state index contributed by atoms with van der Waals surface area (Å²) in [6.07, 6.45) is 7.30. The van der Waals surface area contributed by atoms with Crippen LogP contribution in [0.2, 0.25) is 0 Å². The number of H-pyrrole nitrogens is 1. The zero-order valence-electron chi connectivity index (χ0n) is 17.3. The highest BCUT2D eigenvalue weighted by Crippen LogP contribution is 2.32. The Labute approximate surface area is 184 Å². The van der Waals surface area contributed by atoms with Crippen molar-refractivity contribution >= 4 is 34.8 Å². The van der Waals surface area contributed by atoms with E-state index in [4.69, 9.17) is 10.5 Å². The third-order valence-electron chi connectivity index (χ3n) is 5.65. The molecule has 1 fully saturated rings. The monoisotopic (exact) mass is 442 g/mol. The third kappa shape index (κ3) is 4.84. The molecular formula is C21H26N6O3S. The maximum absolute atomic E-state index is 13.0. The number of methoxy groups -OCH3 is 1. The van der Waals surface area contributed by atoms with Crippen molar-refractivity contribution in [1.29, 1.82) is 0 Å². The lowest BCUT2D eigenvalue weighted by atomic mass is 9.84. The van der Waals surface area contributed by atoms with Crippen LogP contribution in [0, 0.1) is 5.92 Å². The van der Waals surface area contributed by atoms with Crippen molar-refractivity contribution in [3.8, 4) is 11.5 Å². The van der Waals surface area contributed by atoms with E-state index in [1.165, 1.54) is 44.2 Å². The molecule has 0 saturated heterocycles. The SMILES string of the molecule is COc1cc(C(=O)NC(CSc2nc(N)nc3nc[nH]c23)C2CCCCC2)ccc1O.